The molecule has 0 radical (unpaired) electrons. The number of piperazine rings is 1. The summed E-state index contributed by atoms with van der Waals surface area (Å²) in [5.41, 5.74) is -0.156. The molecule has 1 amide bonds. The zero-order valence-electron chi connectivity index (χ0n) is 10.6. The molecule has 1 saturated carbocycles. The molecule has 1 aliphatic heterocycles. The molecule has 2 aliphatic rings. The third-order valence-electron chi connectivity index (χ3n) is 3.90. The summed E-state index contributed by atoms with van der Waals surface area (Å²) in [6.45, 7) is 4.82. The summed E-state index contributed by atoms with van der Waals surface area (Å²) in [5.74, 6) is -0.930. The van der Waals surface area contributed by atoms with Crippen molar-refractivity contribution in [1.29, 1.82) is 0 Å². The Balaban J connectivity index is 2.20. The Morgan fingerprint density at radius 2 is 2.06 bits per heavy atom. The Labute approximate surface area is 101 Å². The van der Waals surface area contributed by atoms with E-state index in [0.717, 1.165) is 12.8 Å². The first-order valence-electron chi connectivity index (χ1n) is 6.08. The molecule has 1 atom stereocenters. The topological polar surface area (TPSA) is 60.9 Å². The number of nitrogens with zero attached hydrogens (tertiary/aromatic N) is 2. The van der Waals surface area contributed by atoms with Gasteiger partial charge in [-0.25, -0.2) is 0 Å². The van der Waals surface area contributed by atoms with E-state index in [1.807, 2.05) is 16.8 Å². The first-order valence-corrected chi connectivity index (χ1v) is 6.08. The summed E-state index contributed by atoms with van der Waals surface area (Å²) in [6.07, 6.45) is 2.01. The average molecular weight is 240 g/mol. The predicted molar refractivity (Wildman–Crippen MR) is 62.6 cm³/mol. The maximum Gasteiger partial charge on any atom is 0.305 e. The van der Waals surface area contributed by atoms with Crippen molar-refractivity contribution in [1.82, 2.24) is 9.80 Å². The smallest absolute Gasteiger partial charge is 0.305 e. The summed E-state index contributed by atoms with van der Waals surface area (Å²) in [5, 5.41) is 8.91. The lowest BCUT2D eigenvalue weighted by Crippen LogP contribution is -2.65. The molecule has 0 bridgehead atoms. The van der Waals surface area contributed by atoms with E-state index in [0.29, 0.717) is 12.6 Å². The van der Waals surface area contributed by atoms with Crippen LogP contribution >= 0.6 is 0 Å². The van der Waals surface area contributed by atoms with Crippen LogP contribution in [-0.4, -0.2) is 58.0 Å². The van der Waals surface area contributed by atoms with Crippen LogP contribution in [0.2, 0.25) is 0 Å². The lowest BCUT2D eigenvalue weighted by Gasteiger charge is -2.49. The second kappa shape index (κ2) is 3.98. The van der Waals surface area contributed by atoms with Crippen LogP contribution in [0.15, 0.2) is 0 Å². The lowest BCUT2D eigenvalue weighted by atomic mass is 9.93. The van der Waals surface area contributed by atoms with Gasteiger partial charge in [-0.15, -0.1) is 0 Å². The highest BCUT2D eigenvalue weighted by atomic mass is 16.4. The van der Waals surface area contributed by atoms with E-state index in [9.17, 15) is 9.59 Å². The SMILES string of the molecule is CN1C(CC(=O)O)C(=O)N(C2CC2)CC1(C)C. The molecule has 17 heavy (non-hydrogen) atoms. The summed E-state index contributed by atoms with van der Waals surface area (Å²) < 4.78 is 0. The molecule has 2 rings (SSSR count). The molecule has 2 fully saturated rings. The van der Waals surface area contributed by atoms with E-state index >= 15 is 0 Å². The van der Waals surface area contributed by atoms with Crippen LogP contribution in [0.4, 0.5) is 0 Å². The molecular formula is C12H20N2O3. The third kappa shape index (κ3) is 2.29. The van der Waals surface area contributed by atoms with Crippen LogP contribution in [0.25, 0.3) is 0 Å². The summed E-state index contributed by atoms with van der Waals surface area (Å²) in [6, 6.07) is -0.163. The van der Waals surface area contributed by atoms with Crippen LogP contribution in [-0.2, 0) is 9.59 Å². The molecule has 96 valence electrons. The molecule has 1 aliphatic carbocycles. The number of carbonyl (C=O) groups excluding carboxylic acids is 1. The minimum Gasteiger partial charge on any atom is -0.481 e. The standard InChI is InChI=1S/C12H20N2O3/c1-12(2)7-14(8-4-5-8)11(17)9(13(12)3)6-10(15)16/h8-9H,4-7H2,1-3H3,(H,15,16). The van der Waals surface area contributed by atoms with Crippen LogP contribution in [0.1, 0.15) is 33.1 Å². The number of rotatable bonds is 3. The maximum absolute atomic E-state index is 12.3. The second-order valence-corrected chi connectivity index (χ2v) is 5.73. The zero-order valence-corrected chi connectivity index (χ0v) is 10.6. The average Bonchev–Trinajstić information content (AvgIpc) is 3.02. The minimum absolute atomic E-state index is 0.0169. The van der Waals surface area contributed by atoms with Gasteiger partial charge in [-0.2, -0.15) is 0 Å². The number of likely N-dealkylation sites (N-methyl/N-ethyl adjacent to an activating group) is 1. The minimum atomic E-state index is -0.913. The highest BCUT2D eigenvalue weighted by molar-refractivity contribution is 5.87. The van der Waals surface area contributed by atoms with Gasteiger partial charge < -0.3 is 10.0 Å². The first-order chi connectivity index (χ1) is 7.83. The maximum atomic E-state index is 12.3. The van der Waals surface area contributed by atoms with Gasteiger partial charge >= 0.3 is 5.97 Å². The number of aliphatic carboxylic acids is 1. The number of amides is 1. The fourth-order valence-electron chi connectivity index (χ4n) is 2.47. The Morgan fingerprint density at radius 3 is 2.53 bits per heavy atom. The lowest BCUT2D eigenvalue weighted by molar-refractivity contribution is -0.155. The largest absolute Gasteiger partial charge is 0.481 e. The summed E-state index contributed by atoms with van der Waals surface area (Å²) >= 11 is 0. The highest BCUT2D eigenvalue weighted by Gasteiger charge is 2.47. The van der Waals surface area contributed by atoms with Crippen molar-refractivity contribution < 1.29 is 14.7 Å². The van der Waals surface area contributed by atoms with Gasteiger partial charge in [0, 0.05) is 18.1 Å². The van der Waals surface area contributed by atoms with E-state index in [-0.39, 0.29) is 17.9 Å². The van der Waals surface area contributed by atoms with Gasteiger partial charge in [0.05, 0.1) is 6.42 Å². The predicted octanol–water partition coefficient (Wildman–Crippen LogP) is 0.545. The molecule has 0 spiro atoms. The van der Waals surface area contributed by atoms with Gasteiger partial charge in [-0.05, 0) is 33.7 Å². The van der Waals surface area contributed by atoms with Crippen molar-refractivity contribution in [2.75, 3.05) is 13.6 Å². The molecule has 1 saturated heterocycles. The van der Waals surface area contributed by atoms with E-state index in [1.54, 1.807) is 0 Å². The van der Waals surface area contributed by atoms with Crippen LogP contribution < -0.4 is 0 Å². The fourth-order valence-corrected chi connectivity index (χ4v) is 2.47. The monoisotopic (exact) mass is 240 g/mol. The highest BCUT2D eigenvalue weighted by Crippen LogP contribution is 2.34. The molecule has 1 unspecified atom stereocenters. The van der Waals surface area contributed by atoms with E-state index in [4.69, 9.17) is 5.11 Å². The molecule has 0 aromatic heterocycles. The van der Waals surface area contributed by atoms with Gasteiger partial charge in [-0.3, -0.25) is 14.5 Å². The van der Waals surface area contributed by atoms with Crippen molar-refractivity contribution in [3.63, 3.8) is 0 Å². The Morgan fingerprint density at radius 1 is 1.47 bits per heavy atom. The molecule has 1 heterocycles. The molecule has 5 heteroatoms. The van der Waals surface area contributed by atoms with Gasteiger partial charge in [0.25, 0.3) is 0 Å². The Kier molecular flexibility index (Phi) is 2.89. The van der Waals surface area contributed by atoms with E-state index < -0.39 is 12.0 Å². The van der Waals surface area contributed by atoms with Crippen molar-refractivity contribution in [2.24, 2.45) is 0 Å². The molecular weight excluding hydrogens is 220 g/mol. The van der Waals surface area contributed by atoms with Gasteiger partial charge in [0.2, 0.25) is 5.91 Å². The summed E-state index contributed by atoms with van der Waals surface area (Å²) in [7, 11) is 1.84. The van der Waals surface area contributed by atoms with Crippen molar-refractivity contribution >= 4 is 11.9 Å². The van der Waals surface area contributed by atoms with Crippen molar-refractivity contribution in [3.8, 4) is 0 Å². The number of carboxylic acid groups (broad SMARTS) is 1. The van der Waals surface area contributed by atoms with Gasteiger partial charge in [-0.1, -0.05) is 0 Å². The molecule has 1 N–H and O–H groups in total. The number of hydrogen-bond acceptors (Lipinski definition) is 3. The van der Waals surface area contributed by atoms with E-state index in [1.165, 1.54) is 0 Å². The second-order valence-electron chi connectivity index (χ2n) is 5.73. The number of carboxylic acids is 1. The summed E-state index contributed by atoms with van der Waals surface area (Å²) in [4.78, 5) is 26.9. The third-order valence-corrected chi connectivity index (χ3v) is 3.90. The first kappa shape index (κ1) is 12.4. The Bertz CT molecular complexity index is 350. The van der Waals surface area contributed by atoms with Crippen molar-refractivity contribution in [2.45, 2.75) is 50.7 Å². The van der Waals surface area contributed by atoms with Gasteiger partial charge in [0.1, 0.15) is 6.04 Å². The van der Waals surface area contributed by atoms with Crippen LogP contribution in [0.3, 0.4) is 0 Å². The normalized spacial score (nSPS) is 29.5. The zero-order chi connectivity index (χ0) is 12.8. The van der Waals surface area contributed by atoms with E-state index in [2.05, 4.69) is 13.8 Å². The Hall–Kier alpha value is -1.10. The molecule has 0 aromatic carbocycles. The molecule has 0 aromatic rings. The van der Waals surface area contributed by atoms with Crippen molar-refractivity contribution in [3.05, 3.63) is 0 Å². The van der Waals surface area contributed by atoms with Crippen LogP contribution in [0, 0.1) is 0 Å². The quantitative estimate of drug-likeness (QED) is 0.782. The number of carbonyl (C=O) groups is 2. The van der Waals surface area contributed by atoms with Crippen LogP contribution in [0.5, 0.6) is 0 Å². The van der Waals surface area contributed by atoms with Gasteiger partial charge in [0.15, 0.2) is 0 Å². The molecule has 5 nitrogen and oxygen atoms in total. The fraction of sp³-hybridized carbons (Fsp3) is 0.833. The number of hydrogen-bond donors (Lipinski definition) is 1.